The van der Waals surface area contributed by atoms with Crippen LogP contribution in [0.2, 0.25) is 0 Å². The van der Waals surface area contributed by atoms with Crippen molar-refractivity contribution in [2.75, 3.05) is 33.9 Å². The Labute approximate surface area is 194 Å². The molecule has 0 saturated carbocycles. The van der Waals surface area contributed by atoms with Crippen LogP contribution in [0, 0.1) is 5.92 Å². The van der Waals surface area contributed by atoms with Gasteiger partial charge in [0.25, 0.3) is 11.8 Å². The van der Waals surface area contributed by atoms with Crippen molar-refractivity contribution < 1.29 is 23.8 Å². The van der Waals surface area contributed by atoms with Gasteiger partial charge in [-0.05, 0) is 43.0 Å². The number of para-hydroxylation sites is 1. The fourth-order valence-electron chi connectivity index (χ4n) is 4.45. The summed E-state index contributed by atoms with van der Waals surface area (Å²) >= 11 is 0. The highest BCUT2D eigenvalue weighted by Gasteiger charge is 2.32. The van der Waals surface area contributed by atoms with Crippen LogP contribution in [0.5, 0.6) is 17.2 Å². The average molecular weight is 451 g/mol. The van der Waals surface area contributed by atoms with Crippen LogP contribution < -0.4 is 19.5 Å². The zero-order valence-corrected chi connectivity index (χ0v) is 19.1. The van der Waals surface area contributed by atoms with Crippen LogP contribution in [-0.2, 0) is 11.2 Å². The molecule has 2 aromatic carbocycles. The van der Waals surface area contributed by atoms with Crippen LogP contribution in [0.1, 0.15) is 28.8 Å². The first-order valence-electron chi connectivity index (χ1n) is 11.2. The van der Waals surface area contributed by atoms with E-state index in [4.69, 9.17) is 14.2 Å². The molecule has 0 aromatic heterocycles. The van der Waals surface area contributed by atoms with E-state index in [0.717, 1.165) is 24.2 Å². The lowest BCUT2D eigenvalue weighted by Gasteiger charge is -2.39. The number of fused-ring (bicyclic) bond motifs is 2. The topological polar surface area (TPSA) is 77.1 Å². The molecule has 174 valence electrons. The van der Waals surface area contributed by atoms with Gasteiger partial charge in [0.1, 0.15) is 17.2 Å². The lowest BCUT2D eigenvalue weighted by molar-refractivity contribution is -0.124. The smallest absolute Gasteiger partial charge is 0.258 e. The van der Waals surface area contributed by atoms with E-state index in [2.05, 4.69) is 17.5 Å². The van der Waals surface area contributed by atoms with Crippen LogP contribution in [-0.4, -0.2) is 56.7 Å². The van der Waals surface area contributed by atoms with Crippen molar-refractivity contribution in [3.05, 3.63) is 65.7 Å². The van der Waals surface area contributed by atoms with Gasteiger partial charge in [0, 0.05) is 36.7 Å². The van der Waals surface area contributed by atoms with Gasteiger partial charge in [-0.2, -0.15) is 0 Å². The van der Waals surface area contributed by atoms with Gasteiger partial charge in [0.2, 0.25) is 0 Å². The number of likely N-dealkylation sites (tertiary alicyclic amines) is 1. The molecule has 0 bridgehead atoms. The molecule has 0 spiro atoms. The standard InChI is InChI=1S/C26H30N2O5/c1-31-21-13-20(14-22(15-21)32-2)26(30)28-12-11-23-19(16-28)9-4-3-7-18-8-5-6-10-24(18)33-17-25(29)27-23/h3-6,8,10,13-15,19,23H,7,9,11-12,16-17H2,1-2H3,(H,27,29)/b4-3+/t19-,23+/m0/s1. The second-order valence-corrected chi connectivity index (χ2v) is 8.38. The highest BCUT2D eigenvalue weighted by atomic mass is 16.5. The van der Waals surface area contributed by atoms with Crippen LogP contribution in [0.15, 0.2) is 54.6 Å². The summed E-state index contributed by atoms with van der Waals surface area (Å²) in [5, 5.41) is 3.13. The minimum absolute atomic E-state index is 0.00989. The molecule has 0 aliphatic carbocycles. The molecule has 2 amide bonds. The molecule has 33 heavy (non-hydrogen) atoms. The quantitative estimate of drug-likeness (QED) is 0.727. The highest BCUT2D eigenvalue weighted by molar-refractivity contribution is 5.95. The number of carbonyl (C=O) groups is 2. The maximum absolute atomic E-state index is 13.3. The number of nitrogens with one attached hydrogen (secondary N) is 1. The van der Waals surface area contributed by atoms with E-state index in [1.807, 2.05) is 29.2 Å². The Morgan fingerprint density at radius 1 is 1.09 bits per heavy atom. The number of rotatable bonds is 3. The molecule has 2 aliphatic heterocycles. The van der Waals surface area contributed by atoms with Crippen molar-refractivity contribution in [2.45, 2.75) is 25.3 Å². The van der Waals surface area contributed by atoms with E-state index in [0.29, 0.717) is 36.6 Å². The van der Waals surface area contributed by atoms with Gasteiger partial charge in [-0.3, -0.25) is 9.59 Å². The Morgan fingerprint density at radius 3 is 2.61 bits per heavy atom. The second-order valence-electron chi connectivity index (χ2n) is 8.38. The molecular weight excluding hydrogens is 420 g/mol. The monoisotopic (exact) mass is 450 g/mol. The van der Waals surface area contributed by atoms with E-state index >= 15 is 0 Å². The molecular formula is C26H30N2O5. The first kappa shape index (κ1) is 22.7. The third-order valence-electron chi connectivity index (χ3n) is 6.24. The van der Waals surface area contributed by atoms with Crippen LogP contribution >= 0.6 is 0 Å². The summed E-state index contributed by atoms with van der Waals surface area (Å²) in [7, 11) is 3.13. The summed E-state index contributed by atoms with van der Waals surface area (Å²) in [6.07, 6.45) is 6.48. The van der Waals surface area contributed by atoms with E-state index in [1.165, 1.54) is 0 Å². The van der Waals surface area contributed by atoms with Crippen molar-refractivity contribution in [2.24, 2.45) is 5.92 Å². The second kappa shape index (κ2) is 10.4. The van der Waals surface area contributed by atoms with Gasteiger partial charge in [0.15, 0.2) is 6.61 Å². The van der Waals surface area contributed by atoms with Gasteiger partial charge in [-0.1, -0.05) is 30.4 Å². The first-order chi connectivity index (χ1) is 16.1. The van der Waals surface area contributed by atoms with Crippen molar-refractivity contribution in [1.82, 2.24) is 10.2 Å². The van der Waals surface area contributed by atoms with Crippen LogP contribution in [0.3, 0.4) is 0 Å². The molecule has 2 heterocycles. The normalized spacial score (nSPS) is 21.8. The van der Waals surface area contributed by atoms with Crippen LogP contribution in [0.25, 0.3) is 0 Å². The minimum atomic E-state index is -0.137. The molecule has 0 unspecified atom stereocenters. The predicted molar refractivity (Wildman–Crippen MR) is 125 cm³/mol. The molecule has 2 aliphatic rings. The highest BCUT2D eigenvalue weighted by Crippen LogP contribution is 2.27. The number of carbonyl (C=O) groups excluding carboxylic acids is 2. The number of nitrogens with zero attached hydrogens (tertiary/aromatic N) is 1. The Hall–Kier alpha value is -3.48. The van der Waals surface area contributed by atoms with Gasteiger partial charge in [-0.15, -0.1) is 0 Å². The largest absolute Gasteiger partial charge is 0.497 e. The molecule has 1 fully saturated rings. The summed E-state index contributed by atoms with van der Waals surface area (Å²) in [6, 6.07) is 13.0. The molecule has 4 rings (SSSR count). The molecule has 7 nitrogen and oxygen atoms in total. The Morgan fingerprint density at radius 2 is 1.85 bits per heavy atom. The Kier molecular flexibility index (Phi) is 7.17. The minimum Gasteiger partial charge on any atom is -0.497 e. The summed E-state index contributed by atoms with van der Waals surface area (Å²) in [5.41, 5.74) is 1.58. The average Bonchev–Trinajstić information content (AvgIpc) is 2.85. The van der Waals surface area contributed by atoms with Crippen molar-refractivity contribution in [3.8, 4) is 17.2 Å². The lowest BCUT2D eigenvalue weighted by atomic mass is 9.88. The number of hydrogen-bond donors (Lipinski definition) is 1. The van der Waals surface area contributed by atoms with E-state index in [-0.39, 0.29) is 30.4 Å². The number of allylic oxidation sites excluding steroid dienone is 2. The summed E-state index contributed by atoms with van der Waals surface area (Å²) in [6.45, 7) is 1.11. The maximum atomic E-state index is 13.3. The predicted octanol–water partition coefficient (Wildman–Crippen LogP) is 3.23. The van der Waals surface area contributed by atoms with Crippen LogP contribution in [0.4, 0.5) is 0 Å². The van der Waals surface area contributed by atoms with E-state index < -0.39 is 0 Å². The number of methoxy groups -OCH3 is 2. The SMILES string of the molecule is COc1cc(OC)cc(C(=O)N2CC[C@H]3NC(=O)COc4ccccc4C/C=C/C[C@H]3C2)c1. The van der Waals surface area contributed by atoms with Gasteiger partial charge < -0.3 is 24.4 Å². The number of amides is 2. The molecule has 1 N–H and O–H groups in total. The third-order valence-corrected chi connectivity index (χ3v) is 6.24. The fourth-order valence-corrected chi connectivity index (χ4v) is 4.45. The van der Waals surface area contributed by atoms with Crippen molar-refractivity contribution >= 4 is 11.8 Å². The van der Waals surface area contributed by atoms with E-state index in [9.17, 15) is 9.59 Å². The van der Waals surface area contributed by atoms with Gasteiger partial charge in [0.05, 0.1) is 14.2 Å². The molecule has 1 saturated heterocycles. The number of piperidine rings is 1. The zero-order chi connectivity index (χ0) is 23.2. The number of benzene rings is 2. The van der Waals surface area contributed by atoms with Gasteiger partial charge in [-0.25, -0.2) is 0 Å². The Bertz CT molecular complexity index is 1010. The van der Waals surface area contributed by atoms with E-state index in [1.54, 1.807) is 32.4 Å². The summed E-state index contributed by atoms with van der Waals surface area (Å²) < 4.78 is 16.4. The zero-order valence-electron chi connectivity index (χ0n) is 19.1. The summed E-state index contributed by atoms with van der Waals surface area (Å²) in [4.78, 5) is 27.7. The molecule has 0 radical (unpaired) electrons. The van der Waals surface area contributed by atoms with Gasteiger partial charge >= 0.3 is 0 Å². The maximum Gasteiger partial charge on any atom is 0.258 e. The molecule has 2 aromatic rings. The fraction of sp³-hybridized carbons (Fsp3) is 0.385. The van der Waals surface area contributed by atoms with Crippen molar-refractivity contribution in [3.63, 3.8) is 0 Å². The first-order valence-corrected chi connectivity index (χ1v) is 11.2. The molecule has 2 atom stereocenters. The summed E-state index contributed by atoms with van der Waals surface area (Å²) in [5.74, 6) is 1.81. The number of ether oxygens (including phenoxy) is 3. The third kappa shape index (κ3) is 5.48. The number of hydrogen-bond acceptors (Lipinski definition) is 5. The Balaban J connectivity index is 1.51. The lowest BCUT2D eigenvalue weighted by Crippen LogP contribution is -2.53. The molecule has 7 heteroatoms. The van der Waals surface area contributed by atoms with Crippen molar-refractivity contribution in [1.29, 1.82) is 0 Å².